The third-order valence-electron chi connectivity index (χ3n) is 6.23. The Balaban J connectivity index is 1.43. The number of likely N-dealkylation sites (tertiary alicyclic amines) is 1. The normalized spacial score (nSPS) is 19.4. The molecular formula is C27H27N3O6. The van der Waals surface area contributed by atoms with E-state index >= 15 is 0 Å². The lowest BCUT2D eigenvalue weighted by molar-refractivity contribution is -0.160. The molecule has 2 N–H and O–H groups in total. The summed E-state index contributed by atoms with van der Waals surface area (Å²) < 4.78 is 5.28. The van der Waals surface area contributed by atoms with Crippen LogP contribution in [0.1, 0.15) is 25.3 Å². The van der Waals surface area contributed by atoms with Crippen molar-refractivity contribution >= 4 is 41.0 Å². The zero-order chi connectivity index (χ0) is 25.7. The highest BCUT2D eigenvalue weighted by Gasteiger charge is 2.51. The first kappa shape index (κ1) is 24.8. The molecule has 0 bridgehead atoms. The largest absolute Gasteiger partial charge is 0.454 e. The Labute approximate surface area is 208 Å². The van der Waals surface area contributed by atoms with Crippen molar-refractivity contribution in [3.8, 4) is 0 Å². The Morgan fingerprint density at radius 3 is 2.00 bits per heavy atom. The zero-order valence-corrected chi connectivity index (χ0v) is 19.8. The highest BCUT2D eigenvalue weighted by Crippen LogP contribution is 2.36. The van der Waals surface area contributed by atoms with E-state index < -0.39 is 36.4 Å². The first-order valence-electron chi connectivity index (χ1n) is 11.7. The number of imide groups is 1. The van der Waals surface area contributed by atoms with Gasteiger partial charge in [0, 0.05) is 24.7 Å². The standard InChI is InChI=1S/C27H27N3O6/c1-17(31)28-19-11-13-20(14-12-19)29-24(32)16-36-27(35)23(15-18-7-3-2-4-8-18)30-25(33)21-9-5-6-10-22(21)26(30)34/h2-8,11-14,21-23H,9-10,15-16H2,1H3,(H,28,31)(H,29,32)/t21-,22-,23+/m1/s1. The number of ether oxygens (including phenoxy) is 1. The summed E-state index contributed by atoms with van der Waals surface area (Å²) in [5, 5.41) is 5.23. The number of rotatable bonds is 8. The number of fused-ring (bicyclic) bond motifs is 1. The maximum absolute atomic E-state index is 13.1. The van der Waals surface area contributed by atoms with Crippen molar-refractivity contribution in [1.29, 1.82) is 0 Å². The molecule has 1 saturated heterocycles. The Bertz CT molecular complexity index is 1170. The number of hydrogen-bond acceptors (Lipinski definition) is 6. The molecule has 1 aliphatic carbocycles. The summed E-state index contributed by atoms with van der Waals surface area (Å²) in [6.45, 7) is 0.811. The topological polar surface area (TPSA) is 122 Å². The van der Waals surface area contributed by atoms with Gasteiger partial charge in [0.25, 0.3) is 5.91 Å². The molecule has 0 spiro atoms. The smallest absolute Gasteiger partial charge is 0.330 e. The fraction of sp³-hybridized carbons (Fsp3) is 0.296. The maximum Gasteiger partial charge on any atom is 0.330 e. The van der Waals surface area contributed by atoms with E-state index in [4.69, 9.17) is 4.74 Å². The van der Waals surface area contributed by atoms with E-state index in [2.05, 4.69) is 10.6 Å². The molecule has 0 radical (unpaired) electrons. The summed E-state index contributed by atoms with van der Waals surface area (Å²) in [6, 6.07) is 14.3. The second-order valence-electron chi connectivity index (χ2n) is 8.82. The average molecular weight is 490 g/mol. The molecular weight excluding hydrogens is 462 g/mol. The predicted octanol–water partition coefficient (Wildman–Crippen LogP) is 2.69. The van der Waals surface area contributed by atoms with E-state index in [-0.39, 0.29) is 24.1 Å². The maximum atomic E-state index is 13.1. The molecule has 0 unspecified atom stereocenters. The summed E-state index contributed by atoms with van der Waals surface area (Å²) in [5.41, 5.74) is 1.79. The van der Waals surface area contributed by atoms with Crippen molar-refractivity contribution < 1.29 is 28.7 Å². The fourth-order valence-electron chi connectivity index (χ4n) is 4.52. The average Bonchev–Trinajstić information content (AvgIpc) is 3.12. The Morgan fingerprint density at radius 2 is 1.44 bits per heavy atom. The van der Waals surface area contributed by atoms with Crippen LogP contribution in [0.4, 0.5) is 11.4 Å². The van der Waals surface area contributed by atoms with Crippen molar-refractivity contribution in [3.05, 3.63) is 72.3 Å². The first-order chi connectivity index (χ1) is 17.3. The van der Waals surface area contributed by atoms with Crippen LogP contribution in [-0.2, 0) is 35.1 Å². The van der Waals surface area contributed by atoms with Crippen molar-refractivity contribution in [1.82, 2.24) is 4.90 Å². The van der Waals surface area contributed by atoms with Gasteiger partial charge in [0.1, 0.15) is 6.04 Å². The molecule has 1 fully saturated rings. The van der Waals surface area contributed by atoms with Gasteiger partial charge in [-0.15, -0.1) is 0 Å². The predicted molar refractivity (Wildman–Crippen MR) is 131 cm³/mol. The molecule has 1 aliphatic heterocycles. The number of benzene rings is 2. The molecule has 2 aliphatic rings. The van der Waals surface area contributed by atoms with Crippen LogP contribution >= 0.6 is 0 Å². The lowest BCUT2D eigenvalue weighted by Gasteiger charge is -2.25. The molecule has 36 heavy (non-hydrogen) atoms. The van der Waals surface area contributed by atoms with Crippen LogP contribution in [-0.4, -0.2) is 47.1 Å². The summed E-state index contributed by atoms with van der Waals surface area (Å²) in [7, 11) is 0. The summed E-state index contributed by atoms with van der Waals surface area (Å²) in [4.78, 5) is 63.9. The molecule has 9 heteroatoms. The van der Waals surface area contributed by atoms with Gasteiger partial charge in [-0.05, 0) is 42.7 Å². The molecule has 2 aromatic carbocycles. The second-order valence-corrected chi connectivity index (χ2v) is 8.82. The lowest BCUT2D eigenvalue weighted by atomic mass is 9.85. The SMILES string of the molecule is CC(=O)Nc1ccc(NC(=O)COC(=O)[C@H](Cc2ccccc2)N2C(=O)[C@@H]3CC=CC[C@H]3C2=O)cc1. The van der Waals surface area contributed by atoms with Gasteiger partial charge in [-0.2, -0.15) is 0 Å². The van der Waals surface area contributed by atoms with Crippen molar-refractivity contribution in [2.45, 2.75) is 32.2 Å². The van der Waals surface area contributed by atoms with Crippen LogP contribution in [0.2, 0.25) is 0 Å². The van der Waals surface area contributed by atoms with Gasteiger partial charge in [0.05, 0.1) is 11.8 Å². The van der Waals surface area contributed by atoms with Crippen molar-refractivity contribution in [2.24, 2.45) is 11.8 Å². The van der Waals surface area contributed by atoms with Crippen molar-refractivity contribution in [2.75, 3.05) is 17.2 Å². The van der Waals surface area contributed by atoms with Gasteiger partial charge in [-0.1, -0.05) is 42.5 Å². The number of carbonyl (C=O) groups is 5. The molecule has 0 saturated carbocycles. The molecule has 0 aromatic heterocycles. The highest BCUT2D eigenvalue weighted by molar-refractivity contribution is 6.08. The second kappa shape index (κ2) is 11.0. The number of carbonyl (C=O) groups excluding carboxylic acids is 5. The number of nitrogens with zero attached hydrogens (tertiary/aromatic N) is 1. The molecule has 186 valence electrons. The zero-order valence-electron chi connectivity index (χ0n) is 19.8. The first-order valence-corrected chi connectivity index (χ1v) is 11.7. The van der Waals surface area contributed by atoms with Gasteiger partial charge in [-0.3, -0.25) is 24.1 Å². The van der Waals surface area contributed by atoms with Gasteiger partial charge in [0.15, 0.2) is 6.61 Å². The van der Waals surface area contributed by atoms with Crippen LogP contribution in [0, 0.1) is 11.8 Å². The van der Waals surface area contributed by atoms with Crippen LogP contribution < -0.4 is 10.6 Å². The number of anilines is 2. The Hall–Kier alpha value is -4.27. The van der Waals surface area contributed by atoms with Crippen molar-refractivity contribution in [3.63, 3.8) is 0 Å². The third-order valence-corrected chi connectivity index (χ3v) is 6.23. The molecule has 2 aromatic rings. The minimum atomic E-state index is -1.16. The van der Waals surface area contributed by atoms with E-state index in [1.54, 1.807) is 48.5 Å². The summed E-state index contributed by atoms with van der Waals surface area (Å²) in [6.07, 6.45) is 4.78. The monoisotopic (exact) mass is 489 g/mol. The summed E-state index contributed by atoms with van der Waals surface area (Å²) in [5.74, 6) is -3.31. The van der Waals surface area contributed by atoms with Gasteiger partial charge in [0.2, 0.25) is 17.7 Å². The van der Waals surface area contributed by atoms with Gasteiger partial charge in [-0.25, -0.2) is 4.79 Å². The molecule has 4 amide bonds. The number of allylic oxidation sites excluding steroid dienone is 2. The minimum Gasteiger partial charge on any atom is -0.454 e. The van der Waals surface area contributed by atoms with E-state index in [0.717, 1.165) is 10.5 Å². The Kier molecular flexibility index (Phi) is 7.58. The quantitative estimate of drug-likeness (QED) is 0.334. The van der Waals surface area contributed by atoms with Crippen LogP contribution in [0.3, 0.4) is 0 Å². The lowest BCUT2D eigenvalue weighted by Crippen LogP contribution is -2.48. The molecule has 3 atom stereocenters. The summed E-state index contributed by atoms with van der Waals surface area (Å²) >= 11 is 0. The van der Waals surface area contributed by atoms with Gasteiger partial charge >= 0.3 is 5.97 Å². The van der Waals surface area contributed by atoms with Crippen LogP contribution in [0.15, 0.2) is 66.7 Å². The fourth-order valence-corrected chi connectivity index (χ4v) is 4.52. The molecule has 4 rings (SSSR count). The Morgan fingerprint density at radius 1 is 0.889 bits per heavy atom. The molecule has 9 nitrogen and oxygen atoms in total. The highest BCUT2D eigenvalue weighted by atomic mass is 16.5. The van der Waals surface area contributed by atoms with Crippen LogP contribution in [0.5, 0.6) is 0 Å². The van der Waals surface area contributed by atoms with E-state index in [1.807, 2.05) is 18.2 Å². The van der Waals surface area contributed by atoms with Crippen LogP contribution in [0.25, 0.3) is 0 Å². The third kappa shape index (κ3) is 5.68. The molecule has 1 heterocycles. The number of nitrogens with one attached hydrogen (secondary N) is 2. The van der Waals surface area contributed by atoms with Gasteiger partial charge < -0.3 is 15.4 Å². The number of esters is 1. The number of amides is 4. The minimum absolute atomic E-state index is 0.0935. The van der Waals surface area contributed by atoms with E-state index in [0.29, 0.717) is 24.2 Å². The van der Waals surface area contributed by atoms with E-state index in [1.165, 1.54) is 6.92 Å². The van der Waals surface area contributed by atoms with E-state index in [9.17, 15) is 24.0 Å². The number of hydrogen-bond donors (Lipinski definition) is 2.